The van der Waals surface area contributed by atoms with Crippen LogP contribution in [0.25, 0.3) is 0 Å². The molecule has 0 aliphatic carbocycles. The first-order chi connectivity index (χ1) is 10.5. The quantitative estimate of drug-likeness (QED) is 0.712. The molecule has 0 saturated carbocycles. The predicted octanol–water partition coefficient (Wildman–Crippen LogP) is 5.23. The largest absolute Gasteiger partial charge is 0.245 e. The standard InChI is InChI=1S/C16H11Cl2N3S/c1-9-5-10(2)21-16(13(9)7-19)22-15(8-20)12-4-3-11(17)6-14(12)18/h3-6,15H,1-2H3/t15-/m1/s1. The SMILES string of the molecule is Cc1cc(C)c(C#N)c(S[C@H](C#N)c2ccc(Cl)cc2Cl)n1. The highest BCUT2D eigenvalue weighted by atomic mass is 35.5. The molecule has 0 saturated heterocycles. The van der Waals surface area contributed by atoms with E-state index in [0.29, 0.717) is 26.2 Å². The van der Waals surface area contributed by atoms with Crippen molar-refractivity contribution >= 4 is 35.0 Å². The Morgan fingerprint density at radius 2 is 1.91 bits per heavy atom. The van der Waals surface area contributed by atoms with E-state index in [9.17, 15) is 10.5 Å². The number of aromatic nitrogens is 1. The minimum atomic E-state index is -0.564. The molecule has 1 atom stereocenters. The predicted molar refractivity (Wildman–Crippen MR) is 89.1 cm³/mol. The summed E-state index contributed by atoms with van der Waals surface area (Å²) in [6, 6.07) is 11.2. The number of nitrogens with zero attached hydrogens (tertiary/aromatic N) is 3. The van der Waals surface area contributed by atoms with Gasteiger partial charge < -0.3 is 0 Å². The van der Waals surface area contributed by atoms with E-state index in [1.54, 1.807) is 18.2 Å². The fourth-order valence-electron chi connectivity index (χ4n) is 2.01. The number of hydrogen-bond acceptors (Lipinski definition) is 4. The molecule has 1 aromatic heterocycles. The zero-order valence-corrected chi connectivity index (χ0v) is 14.2. The molecule has 0 aliphatic rings. The molecule has 0 radical (unpaired) electrons. The van der Waals surface area contributed by atoms with E-state index in [0.717, 1.165) is 11.3 Å². The minimum Gasteiger partial charge on any atom is -0.245 e. The smallest absolute Gasteiger partial charge is 0.124 e. The van der Waals surface area contributed by atoms with Crippen molar-refractivity contribution in [2.45, 2.75) is 24.1 Å². The van der Waals surface area contributed by atoms with Crippen molar-refractivity contribution in [3.63, 3.8) is 0 Å². The van der Waals surface area contributed by atoms with Gasteiger partial charge in [0.05, 0.1) is 11.6 Å². The number of nitriles is 2. The van der Waals surface area contributed by atoms with Gasteiger partial charge in [0.25, 0.3) is 0 Å². The summed E-state index contributed by atoms with van der Waals surface area (Å²) in [6.45, 7) is 3.71. The van der Waals surface area contributed by atoms with Crippen LogP contribution in [0.15, 0.2) is 29.3 Å². The monoisotopic (exact) mass is 347 g/mol. The van der Waals surface area contributed by atoms with Crippen LogP contribution in [0.4, 0.5) is 0 Å². The Kier molecular flexibility index (Phi) is 5.32. The van der Waals surface area contributed by atoms with Crippen LogP contribution in [0, 0.1) is 36.5 Å². The summed E-state index contributed by atoms with van der Waals surface area (Å²) in [4.78, 5) is 4.39. The molecule has 0 N–H and O–H groups in total. The fourth-order valence-corrected chi connectivity index (χ4v) is 3.72. The number of rotatable bonds is 3. The lowest BCUT2D eigenvalue weighted by atomic mass is 10.1. The number of pyridine rings is 1. The molecule has 3 nitrogen and oxygen atoms in total. The number of thioether (sulfide) groups is 1. The molecule has 2 aromatic rings. The van der Waals surface area contributed by atoms with Crippen LogP contribution in [0.1, 0.15) is 27.6 Å². The third kappa shape index (κ3) is 3.54. The van der Waals surface area contributed by atoms with Crippen molar-refractivity contribution in [3.8, 4) is 12.1 Å². The Bertz CT molecular complexity index is 806. The lowest BCUT2D eigenvalue weighted by Crippen LogP contribution is -1.98. The molecule has 0 unspecified atom stereocenters. The third-order valence-corrected chi connectivity index (χ3v) is 4.69. The Morgan fingerprint density at radius 3 is 2.50 bits per heavy atom. The van der Waals surface area contributed by atoms with E-state index < -0.39 is 5.25 Å². The lowest BCUT2D eigenvalue weighted by molar-refractivity contribution is 1.02. The van der Waals surface area contributed by atoms with E-state index in [1.807, 2.05) is 19.9 Å². The van der Waals surface area contributed by atoms with Crippen molar-refractivity contribution in [2.75, 3.05) is 0 Å². The van der Waals surface area contributed by atoms with Gasteiger partial charge in [0.2, 0.25) is 0 Å². The lowest BCUT2D eigenvalue weighted by Gasteiger charge is -2.13. The van der Waals surface area contributed by atoms with Gasteiger partial charge in [0.15, 0.2) is 0 Å². The van der Waals surface area contributed by atoms with Crippen LogP contribution in [0.3, 0.4) is 0 Å². The van der Waals surface area contributed by atoms with Gasteiger partial charge in [0.1, 0.15) is 16.3 Å². The van der Waals surface area contributed by atoms with Gasteiger partial charge in [-0.1, -0.05) is 41.0 Å². The molecule has 1 heterocycles. The number of halogens is 2. The molecular formula is C16H11Cl2N3S. The molecule has 2 rings (SSSR count). The van der Waals surface area contributed by atoms with Crippen LogP contribution >= 0.6 is 35.0 Å². The number of benzene rings is 1. The first-order valence-corrected chi connectivity index (χ1v) is 7.99. The van der Waals surface area contributed by atoms with Gasteiger partial charge in [-0.05, 0) is 43.2 Å². The van der Waals surface area contributed by atoms with Gasteiger partial charge >= 0.3 is 0 Å². The van der Waals surface area contributed by atoms with E-state index in [2.05, 4.69) is 17.1 Å². The van der Waals surface area contributed by atoms with Crippen LogP contribution in [0.2, 0.25) is 10.0 Å². The Hall–Kier alpha value is -1.72. The summed E-state index contributed by atoms with van der Waals surface area (Å²) in [5.74, 6) is 0. The zero-order valence-electron chi connectivity index (χ0n) is 11.9. The minimum absolute atomic E-state index is 0.425. The molecule has 0 fully saturated rings. The summed E-state index contributed by atoms with van der Waals surface area (Å²) >= 11 is 13.3. The van der Waals surface area contributed by atoms with Gasteiger partial charge in [0, 0.05) is 15.7 Å². The van der Waals surface area contributed by atoms with Crippen LogP contribution < -0.4 is 0 Å². The highest BCUT2D eigenvalue weighted by molar-refractivity contribution is 7.99. The van der Waals surface area contributed by atoms with E-state index in [4.69, 9.17) is 23.2 Å². The van der Waals surface area contributed by atoms with Crippen molar-refractivity contribution < 1.29 is 0 Å². The van der Waals surface area contributed by atoms with Crippen molar-refractivity contribution in [3.05, 3.63) is 56.7 Å². The Labute approximate surface area is 143 Å². The van der Waals surface area contributed by atoms with Gasteiger partial charge in [-0.15, -0.1) is 0 Å². The fraction of sp³-hybridized carbons (Fsp3) is 0.188. The molecule has 6 heteroatoms. The summed E-state index contributed by atoms with van der Waals surface area (Å²) in [7, 11) is 0. The highest BCUT2D eigenvalue weighted by Crippen LogP contribution is 2.39. The molecule has 0 spiro atoms. The number of aryl methyl sites for hydroxylation is 2. The van der Waals surface area contributed by atoms with Gasteiger partial charge in [-0.25, -0.2) is 4.98 Å². The maximum atomic E-state index is 9.46. The normalized spacial score (nSPS) is 11.5. The van der Waals surface area contributed by atoms with Gasteiger partial charge in [-0.3, -0.25) is 0 Å². The second-order valence-electron chi connectivity index (χ2n) is 4.67. The van der Waals surface area contributed by atoms with Crippen molar-refractivity contribution in [2.24, 2.45) is 0 Å². The van der Waals surface area contributed by atoms with E-state index >= 15 is 0 Å². The summed E-state index contributed by atoms with van der Waals surface area (Å²) in [5.41, 5.74) is 2.79. The summed E-state index contributed by atoms with van der Waals surface area (Å²) in [6.07, 6.45) is 0. The second kappa shape index (κ2) is 7.03. The second-order valence-corrected chi connectivity index (χ2v) is 6.60. The van der Waals surface area contributed by atoms with Crippen LogP contribution in [-0.4, -0.2) is 4.98 Å². The van der Waals surface area contributed by atoms with Crippen molar-refractivity contribution in [1.29, 1.82) is 10.5 Å². The average molecular weight is 348 g/mol. The molecular weight excluding hydrogens is 337 g/mol. The zero-order chi connectivity index (χ0) is 16.3. The molecule has 110 valence electrons. The van der Waals surface area contributed by atoms with Gasteiger partial charge in [-0.2, -0.15) is 10.5 Å². The molecule has 0 amide bonds. The molecule has 1 aromatic carbocycles. The first kappa shape index (κ1) is 16.6. The highest BCUT2D eigenvalue weighted by Gasteiger charge is 2.20. The van der Waals surface area contributed by atoms with E-state index in [-0.39, 0.29) is 0 Å². The first-order valence-electron chi connectivity index (χ1n) is 6.35. The topological polar surface area (TPSA) is 60.5 Å². The number of hydrogen-bond donors (Lipinski definition) is 0. The summed E-state index contributed by atoms with van der Waals surface area (Å²) in [5, 5.41) is 19.7. The average Bonchev–Trinajstić information content (AvgIpc) is 2.45. The van der Waals surface area contributed by atoms with Crippen molar-refractivity contribution in [1.82, 2.24) is 4.98 Å². The van der Waals surface area contributed by atoms with Crippen LogP contribution in [0.5, 0.6) is 0 Å². The Morgan fingerprint density at radius 1 is 1.18 bits per heavy atom. The molecule has 0 bridgehead atoms. The van der Waals surface area contributed by atoms with E-state index in [1.165, 1.54) is 11.8 Å². The van der Waals surface area contributed by atoms with Crippen LogP contribution in [-0.2, 0) is 0 Å². The molecule has 22 heavy (non-hydrogen) atoms. The molecule has 0 aliphatic heterocycles. The third-order valence-electron chi connectivity index (χ3n) is 3.02. The Balaban J connectivity index is 2.44. The maximum absolute atomic E-state index is 9.46. The maximum Gasteiger partial charge on any atom is 0.124 e. The summed E-state index contributed by atoms with van der Waals surface area (Å²) < 4.78 is 0.